The fraction of sp³-hybridized carbons (Fsp3) is 0.300. The molecule has 0 spiro atoms. The summed E-state index contributed by atoms with van der Waals surface area (Å²) in [5.74, 6) is 0.282. The molecule has 0 unspecified atom stereocenters. The number of phenols is 1. The average Bonchev–Trinajstić information content (AvgIpc) is 2.65. The Hall–Kier alpha value is -2.82. The summed E-state index contributed by atoms with van der Waals surface area (Å²) in [7, 11) is 0. The number of rotatable bonds is 4. The van der Waals surface area contributed by atoms with Crippen molar-refractivity contribution in [3.63, 3.8) is 0 Å². The standard InChI is InChI=1S/C12H13NO2.C8H11NO/c14-9-13-7-5-11(6-8-13)10-1-3-12(15)4-2-10;1-2-3-7-4-5-8(10)9-6-7/h1-5,9,15H,6-8H2;4-6H,2-3H2,1H3,(H,9,10). The molecule has 5 heteroatoms. The maximum atomic E-state index is 10.6. The van der Waals surface area contributed by atoms with Gasteiger partial charge in [0.15, 0.2) is 0 Å². The van der Waals surface area contributed by atoms with Crippen molar-refractivity contribution in [1.82, 2.24) is 9.88 Å². The Kier molecular flexibility index (Phi) is 7.01. The zero-order chi connectivity index (χ0) is 18.1. The van der Waals surface area contributed by atoms with Gasteiger partial charge in [-0.3, -0.25) is 9.59 Å². The predicted molar refractivity (Wildman–Crippen MR) is 99.4 cm³/mol. The van der Waals surface area contributed by atoms with Gasteiger partial charge in [0, 0.05) is 25.4 Å². The van der Waals surface area contributed by atoms with E-state index in [-0.39, 0.29) is 11.3 Å². The lowest BCUT2D eigenvalue weighted by molar-refractivity contribution is -0.117. The molecule has 0 bridgehead atoms. The van der Waals surface area contributed by atoms with Crippen LogP contribution < -0.4 is 5.56 Å². The molecule has 1 aliphatic rings. The highest BCUT2D eigenvalue weighted by atomic mass is 16.3. The molecule has 0 radical (unpaired) electrons. The SMILES string of the molecule is CCCc1ccc(=O)[nH]c1.O=CN1CC=C(c2ccc(O)cc2)CC1. The second kappa shape index (κ2) is 9.47. The molecule has 2 heterocycles. The molecule has 1 amide bonds. The summed E-state index contributed by atoms with van der Waals surface area (Å²) in [4.78, 5) is 25.5. The molecule has 3 rings (SSSR count). The fourth-order valence-corrected chi connectivity index (χ4v) is 2.61. The Morgan fingerprint density at radius 2 is 1.96 bits per heavy atom. The molecule has 132 valence electrons. The zero-order valence-corrected chi connectivity index (χ0v) is 14.4. The first kappa shape index (κ1) is 18.5. The second-order valence-electron chi connectivity index (χ2n) is 5.94. The lowest BCUT2D eigenvalue weighted by atomic mass is 10.00. The van der Waals surface area contributed by atoms with Crippen molar-refractivity contribution < 1.29 is 9.90 Å². The number of aromatic nitrogens is 1. The molecule has 1 aromatic heterocycles. The summed E-state index contributed by atoms with van der Waals surface area (Å²) in [6, 6.07) is 10.6. The Labute approximate surface area is 147 Å². The van der Waals surface area contributed by atoms with Gasteiger partial charge in [-0.15, -0.1) is 0 Å². The highest BCUT2D eigenvalue weighted by Gasteiger charge is 2.10. The third-order valence-electron chi connectivity index (χ3n) is 4.01. The minimum atomic E-state index is -0.0279. The summed E-state index contributed by atoms with van der Waals surface area (Å²) < 4.78 is 0. The van der Waals surface area contributed by atoms with Crippen LogP contribution in [0, 0.1) is 0 Å². The van der Waals surface area contributed by atoms with Crippen LogP contribution in [0.3, 0.4) is 0 Å². The monoisotopic (exact) mass is 340 g/mol. The van der Waals surface area contributed by atoms with E-state index < -0.39 is 0 Å². The lowest BCUT2D eigenvalue weighted by Crippen LogP contribution is -2.26. The van der Waals surface area contributed by atoms with Gasteiger partial charge in [-0.2, -0.15) is 0 Å². The zero-order valence-electron chi connectivity index (χ0n) is 14.4. The molecule has 5 nitrogen and oxygen atoms in total. The summed E-state index contributed by atoms with van der Waals surface area (Å²) in [5.41, 5.74) is 3.54. The number of phenolic OH excluding ortho intramolecular Hbond substituents is 1. The van der Waals surface area contributed by atoms with Crippen LogP contribution in [-0.4, -0.2) is 34.5 Å². The van der Waals surface area contributed by atoms with E-state index >= 15 is 0 Å². The number of nitrogens with one attached hydrogen (secondary N) is 1. The van der Waals surface area contributed by atoms with Crippen LogP contribution in [-0.2, 0) is 11.2 Å². The van der Waals surface area contributed by atoms with Gasteiger partial charge >= 0.3 is 0 Å². The summed E-state index contributed by atoms with van der Waals surface area (Å²) >= 11 is 0. The molecular formula is C20H24N2O3. The minimum Gasteiger partial charge on any atom is -0.508 e. The van der Waals surface area contributed by atoms with E-state index in [2.05, 4.69) is 18.0 Å². The molecule has 1 aromatic carbocycles. The number of carbonyl (C=O) groups is 1. The van der Waals surface area contributed by atoms with E-state index in [0.29, 0.717) is 6.54 Å². The molecule has 2 N–H and O–H groups in total. The first-order chi connectivity index (χ1) is 12.1. The molecule has 0 fully saturated rings. The lowest BCUT2D eigenvalue weighted by Gasteiger charge is -2.22. The number of benzene rings is 1. The number of aryl methyl sites for hydroxylation is 1. The van der Waals surface area contributed by atoms with Crippen molar-refractivity contribution in [3.05, 3.63) is 70.2 Å². The molecule has 1 aliphatic heterocycles. The number of aromatic hydroxyl groups is 1. The van der Waals surface area contributed by atoms with Gasteiger partial charge in [-0.05, 0) is 41.7 Å². The van der Waals surface area contributed by atoms with Gasteiger partial charge in [-0.1, -0.05) is 37.6 Å². The van der Waals surface area contributed by atoms with Gasteiger partial charge in [-0.25, -0.2) is 0 Å². The van der Waals surface area contributed by atoms with Crippen molar-refractivity contribution in [2.45, 2.75) is 26.2 Å². The van der Waals surface area contributed by atoms with E-state index in [4.69, 9.17) is 5.11 Å². The van der Waals surface area contributed by atoms with Gasteiger partial charge < -0.3 is 15.0 Å². The van der Waals surface area contributed by atoms with E-state index in [9.17, 15) is 9.59 Å². The molecule has 0 saturated heterocycles. The highest BCUT2D eigenvalue weighted by Crippen LogP contribution is 2.23. The van der Waals surface area contributed by atoms with Crippen LogP contribution in [0.5, 0.6) is 5.75 Å². The Morgan fingerprint density at radius 1 is 1.20 bits per heavy atom. The van der Waals surface area contributed by atoms with Crippen molar-refractivity contribution in [1.29, 1.82) is 0 Å². The first-order valence-corrected chi connectivity index (χ1v) is 8.47. The third kappa shape index (κ3) is 5.95. The predicted octanol–water partition coefficient (Wildman–Crippen LogP) is 2.97. The molecule has 2 aromatic rings. The number of aromatic amines is 1. The van der Waals surface area contributed by atoms with Crippen LogP contribution in [0.2, 0.25) is 0 Å². The second-order valence-corrected chi connectivity index (χ2v) is 5.94. The number of hydrogen-bond acceptors (Lipinski definition) is 3. The summed E-state index contributed by atoms with van der Waals surface area (Å²) in [6.07, 6.45) is 7.74. The number of amides is 1. The molecule has 0 atom stereocenters. The summed E-state index contributed by atoms with van der Waals surface area (Å²) in [5, 5.41) is 9.16. The van der Waals surface area contributed by atoms with E-state index in [1.807, 2.05) is 18.2 Å². The normalized spacial score (nSPS) is 13.5. The van der Waals surface area contributed by atoms with Crippen molar-refractivity contribution in [2.24, 2.45) is 0 Å². The van der Waals surface area contributed by atoms with Crippen molar-refractivity contribution in [2.75, 3.05) is 13.1 Å². The number of hydrogen-bond donors (Lipinski definition) is 2. The molecule has 25 heavy (non-hydrogen) atoms. The molecule has 0 aliphatic carbocycles. The van der Waals surface area contributed by atoms with Gasteiger partial charge in [0.1, 0.15) is 5.75 Å². The largest absolute Gasteiger partial charge is 0.508 e. The fourth-order valence-electron chi connectivity index (χ4n) is 2.61. The van der Waals surface area contributed by atoms with Gasteiger partial charge in [0.2, 0.25) is 12.0 Å². The quantitative estimate of drug-likeness (QED) is 0.841. The Balaban J connectivity index is 0.000000196. The van der Waals surface area contributed by atoms with Crippen LogP contribution in [0.1, 0.15) is 30.9 Å². The van der Waals surface area contributed by atoms with E-state index in [0.717, 1.165) is 37.8 Å². The Bertz CT molecular complexity index is 743. The maximum Gasteiger partial charge on any atom is 0.247 e. The first-order valence-electron chi connectivity index (χ1n) is 8.47. The average molecular weight is 340 g/mol. The number of nitrogens with zero attached hydrogens (tertiary/aromatic N) is 1. The molecular weight excluding hydrogens is 316 g/mol. The van der Waals surface area contributed by atoms with Crippen molar-refractivity contribution in [3.8, 4) is 5.75 Å². The van der Waals surface area contributed by atoms with Crippen LogP contribution in [0.4, 0.5) is 0 Å². The minimum absolute atomic E-state index is 0.0279. The Morgan fingerprint density at radius 3 is 2.48 bits per heavy atom. The smallest absolute Gasteiger partial charge is 0.247 e. The van der Waals surface area contributed by atoms with Crippen LogP contribution in [0.25, 0.3) is 5.57 Å². The third-order valence-corrected chi connectivity index (χ3v) is 4.01. The topological polar surface area (TPSA) is 73.4 Å². The van der Waals surface area contributed by atoms with Gasteiger partial charge in [0.05, 0.1) is 0 Å². The number of H-pyrrole nitrogens is 1. The van der Waals surface area contributed by atoms with Crippen LogP contribution >= 0.6 is 0 Å². The van der Waals surface area contributed by atoms with E-state index in [1.54, 1.807) is 29.3 Å². The molecule has 0 saturated carbocycles. The highest BCUT2D eigenvalue weighted by molar-refractivity contribution is 5.68. The van der Waals surface area contributed by atoms with Gasteiger partial charge in [0.25, 0.3) is 0 Å². The summed E-state index contributed by atoms with van der Waals surface area (Å²) in [6.45, 7) is 3.57. The number of pyridine rings is 1. The van der Waals surface area contributed by atoms with Crippen molar-refractivity contribution >= 4 is 12.0 Å². The number of carbonyl (C=O) groups excluding carboxylic acids is 1. The van der Waals surface area contributed by atoms with E-state index in [1.165, 1.54) is 11.1 Å². The maximum absolute atomic E-state index is 10.6. The van der Waals surface area contributed by atoms with Crippen LogP contribution in [0.15, 0.2) is 53.5 Å².